The third-order valence-corrected chi connectivity index (χ3v) is 1.78. The van der Waals surface area contributed by atoms with Gasteiger partial charge in [0.25, 0.3) is 0 Å². The van der Waals surface area contributed by atoms with E-state index in [4.69, 9.17) is 16.6 Å². The normalized spacial score (nSPS) is 15.4. The van der Waals surface area contributed by atoms with Crippen LogP contribution in [0.15, 0.2) is 60.4 Å². The smallest absolute Gasteiger partial charge is 0.0791 e. The Bertz CT molecular complexity index is 417. The van der Waals surface area contributed by atoms with Crippen LogP contribution >= 0.6 is 0 Å². The lowest BCUT2D eigenvalue weighted by Crippen LogP contribution is -2.08. The molecule has 1 rings (SSSR count). The summed E-state index contributed by atoms with van der Waals surface area (Å²) in [7, 11) is 0. The van der Waals surface area contributed by atoms with E-state index in [1.807, 2.05) is 38.2 Å². The monoisotopic (exact) mass is 229 g/mol. The van der Waals surface area contributed by atoms with E-state index in [9.17, 15) is 0 Å². The van der Waals surface area contributed by atoms with Crippen LogP contribution in [-0.2, 0) is 0 Å². The molecule has 0 fully saturated rings. The van der Waals surface area contributed by atoms with Gasteiger partial charge in [0.2, 0.25) is 0 Å². The molecular formula is C14H19N3. The van der Waals surface area contributed by atoms with Crippen molar-refractivity contribution in [2.45, 2.75) is 13.8 Å². The van der Waals surface area contributed by atoms with Crippen molar-refractivity contribution >= 4 is 11.4 Å². The predicted octanol–water partition coefficient (Wildman–Crippen LogP) is 3.13. The Hall–Kier alpha value is -2.16. The first-order valence-corrected chi connectivity index (χ1v) is 5.22. The molecule has 0 heterocycles. The molecule has 0 unspecified atom stereocenters. The molecule has 3 heteroatoms. The van der Waals surface area contributed by atoms with Gasteiger partial charge in [-0.2, -0.15) is 0 Å². The van der Waals surface area contributed by atoms with Gasteiger partial charge in [-0.3, -0.25) is 10.8 Å². The van der Waals surface area contributed by atoms with Crippen LogP contribution < -0.4 is 5.73 Å². The molecule has 0 saturated heterocycles. The van der Waals surface area contributed by atoms with Crippen LogP contribution in [0.25, 0.3) is 0 Å². The summed E-state index contributed by atoms with van der Waals surface area (Å²) in [5, 5.41) is 14.3. The SMILES string of the molecule is C=C/C=C\C=C(/C)N.CC1=CC(=N)C(=N)C=C1. The molecule has 0 aromatic carbocycles. The summed E-state index contributed by atoms with van der Waals surface area (Å²) < 4.78 is 0. The quantitative estimate of drug-likeness (QED) is 0.494. The van der Waals surface area contributed by atoms with Gasteiger partial charge < -0.3 is 5.73 Å². The number of nitrogens with two attached hydrogens (primary N) is 1. The van der Waals surface area contributed by atoms with E-state index in [1.165, 1.54) is 0 Å². The molecule has 0 aromatic rings. The van der Waals surface area contributed by atoms with Crippen molar-refractivity contribution < 1.29 is 0 Å². The molecule has 0 amide bonds. The van der Waals surface area contributed by atoms with Gasteiger partial charge in [-0.05, 0) is 37.6 Å². The Morgan fingerprint density at radius 3 is 2.29 bits per heavy atom. The molecule has 1 aliphatic rings. The second-order valence-electron chi connectivity index (χ2n) is 3.58. The summed E-state index contributed by atoms with van der Waals surface area (Å²) in [5.74, 6) is 0. The van der Waals surface area contributed by atoms with Crippen molar-refractivity contribution in [1.29, 1.82) is 10.8 Å². The van der Waals surface area contributed by atoms with E-state index in [0.717, 1.165) is 11.3 Å². The maximum absolute atomic E-state index is 7.17. The summed E-state index contributed by atoms with van der Waals surface area (Å²) in [6.45, 7) is 7.26. The number of rotatable bonds is 2. The zero-order chi connectivity index (χ0) is 13.3. The van der Waals surface area contributed by atoms with Crippen molar-refractivity contribution in [2.24, 2.45) is 5.73 Å². The summed E-state index contributed by atoms with van der Waals surface area (Å²) in [6, 6.07) is 0. The lowest BCUT2D eigenvalue weighted by atomic mass is 10.1. The van der Waals surface area contributed by atoms with Crippen LogP contribution in [0.1, 0.15) is 13.8 Å². The second-order valence-corrected chi connectivity index (χ2v) is 3.58. The topological polar surface area (TPSA) is 73.7 Å². The second kappa shape index (κ2) is 8.05. The van der Waals surface area contributed by atoms with E-state index in [0.29, 0.717) is 11.4 Å². The third-order valence-electron chi connectivity index (χ3n) is 1.78. The van der Waals surface area contributed by atoms with Gasteiger partial charge >= 0.3 is 0 Å². The van der Waals surface area contributed by atoms with Gasteiger partial charge in [-0.25, -0.2) is 0 Å². The van der Waals surface area contributed by atoms with Gasteiger partial charge in [0.15, 0.2) is 0 Å². The molecule has 0 aromatic heterocycles. The van der Waals surface area contributed by atoms with Crippen molar-refractivity contribution in [2.75, 3.05) is 0 Å². The number of allylic oxidation sites excluding steroid dienone is 9. The highest BCUT2D eigenvalue weighted by Crippen LogP contribution is 2.02. The van der Waals surface area contributed by atoms with Crippen LogP contribution in [0, 0.1) is 10.8 Å². The lowest BCUT2D eigenvalue weighted by Gasteiger charge is -2.01. The number of hydrogen-bond donors (Lipinski definition) is 3. The molecule has 1 aliphatic carbocycles. The van der Waals surface area contributed by atoms with E-state index < -0.39 is 0 Å². The first-order valence-electron chi connectivity index (χ1n) is 5.22. The minimum Gasteiger partial charge on any atom is -0.402 e. The Kier molecular flexibility index (Phi) is 7.02. The third kappa shape index (κ3) is 7.73. The minimum atomic E-state index is 0.292. The van der Waals surface area contributed by atoms with Crippen molar-refractivity contribution in [3.63, 3.8) is 0 Å². The molecule has 0 bridgehead atoms. The minimum absolute atomic E-state index is 0.292. The first kappa shape index (κ1) is 14.8. The molecule has 0 atom stereocenters. The number of nitrogens with one attached hydrogen (secondary N) is 2. The van der Waals surface area contributed by atoms with Gasteiger partial charge in [0, 0.05) is 5.70 Å². The van der Waals surface area contributed by atoms with Crippen molar-refractivity contribution in [1.82, 2.24) is 0 Å². The van der Waals surface area contributed by atoms with Gasteiger partial charge in [0.05, 0.1) is 11.4 Å². The summed E-state index contributed by atoms with van der Waals surface area (Å²) >= 11 is 0. The zero-order valence-electron chi connectivity index (χ0n) is 10.3. The summed E-state index contributed by atoms with van der Waals surface area (Å²) in [5.41, 5.74) is 7.75. The largest absolute Gasteiger partial charge is 0.402 e. The molecule has 0 spiro atoms. The van der Waals surface area contributed by atoms with Crippen LogP contribution in [-0.4, -0.2) is 11.4 Å². The van der Waals surface area contributed by atoms with Gasteiger partial charge in [-0.1, -0.05) is 30.9 Å². The average molecular weight is 229 g/mol. The zero-order valence-corrected chi connectivity index (χ0v) is 10.3. The van der Waals surface area contributed by atoms with Crippen molar-refractivity contribution in [3.8, 4) is 0 Å². The van der Waals surface area contributed by atoms with E-state index in [1.54, 1.807) is 18.2 Å². The summed E-state index contributed by atoms with van der Waals surface area (Å²) in [6.07, 6.45) is 12.4. The maximum atomic E-state index is 7.17. The predicted molar refractivity (Wildman–Crippen MR) is 75.6 cm³/mol. The Morgan fingerprint density at radius 2 is 1.88 bits per heavy atom. The molecule has 0 saturated carbocycles. The fourth-order valence-electron chi connectivity index (χ4n) is 0.944. The highest BCUT2D eigenvalue weighted by Gasteiger charge is 2.01. The van der Waals surface area contributed by atoms with Crippen LogP contribution in [0.2, 0.25) is 0 Å². The molecule has 0 aliphatic heterocycles. The maximum Gasteiger partial charge on any atom is 0.0791 e. The number of hydrogen-bond acceptors (Lipinski definition) is 3. The highest BCUT2D eigenvalue weighted by atomic mass is 14.5. The van der Waals surface area contributed by atoms with Crippen LogP contribution in [0.3, 0.4) is 0 Å². The Morgan fingerprint density at radius 1 is 1.24 bits per heavy atom. The van der Waals surface area contributed by atoms with Crippen LogP contribution in [0.5, 0.6) is 0 Å². The van der Waals surface area contributed by atoms with Gasteiger partial charge in [-0.15, -0.1) is 0 Å². The standard InChI is InChI=1S/C7H8N2.C7H11N/c1-5-2-3-6(8)7(9)4-5;1-3-4-5-6-7(2)8/h2-4,8-9H,1H3;3-6H,1,8H2,2H3/b;5-4-,7-6+. The first-order chi connectivity index (χ1) is 7.97. The molecular weight excluding hydrogens is 210 g/mol. The van der Waals surface area contributed by atoms with E-state index in [2.05, 4.69) is 6.58 Å². The molecule has 90 valence electrons. The van der Waals surface area contributed by atoms with E-state index >= 15 is 0 Å². The van der Waals surface area contributed by atoms with Gasteiger partial charge in [0.1, 0.15) is 0 Å². The van der Waals surface area contributed by atoms with Crippen LogP contribution in [0.4, 0.5) is 0 Å². The molecule has 17 heavy (non-hydrogen) atoms. The highest BCUT2D eigenvalue weighted by molar-refractivity contribution is 6.49. The molecule has 4 N–H and O–H groups in total. The molecule has 3 nitrogen and oxygen atoms in total. The Balaban J connectivity index is 0.000000304. The van der Waals surface area contributed by atoms with Crippen molar-refractivity contribution in [3.05, 3.63) is 60.4 Å². The summed E-state index contributed by atoms with van der Waals surface area (Å²) in [4.78, 5) is 0. The van der Waals surface area contributed by atoms with E-state index in [-0.39, 0.29) is 0 Å². The lowest BCUT2D eigenvalue weighted by molar-refractivity contribution is 1.32. The fourth-order valence-corrected chi connectivity index (χ4v) is 0.944. The molecule has 0 radical (unpaired) electrons. The average Bonchev–Trinajstić information content (AvgIpc) is 2.25. The fraction of sp³-hybridized carbons (Fsp3) is 0.143. The Labute approximate surface area is 103 Å².